The van der Waals surface area contributed by atoms with Crippen LogP contribution in [0.1, 0.15) is 73.0 Å². The standard InChI is InChI=1S/C15H24N2OS/c1-18-15(9-4-2-3-5-10-15)14-17-12-8-6-7-11(16)13(12)19-14/h11H,2-10,16H2,1H3. The summed E-state index contributed by atoms with van der Waals surface area (Å²) >= 11 is 1.82. The van der Waals surface area contributed by atoms with Gasteiger partial charge in [-0.2, -0.15) is 0 Å². The van der Waals surface area contributed by atoms with Crippen LogP contribution < -0.4 is 5.73 Å². The molecular formula is C15H24N2OS. The number of thiazole rings is 1. The second-order valence-electron chi connectivity index (χ2n) is 5.94. The van der Waals surface area contributed by atoms with Gasteiger partial charge in [-0.15, -0.1) is 11.3 Å². The number of nitrogens with zero attached hydrogens (tertiary/aromatic N) is 1. The topological polar surface area (TPSA) is 48.1 Å². The molecule has 3 rings (SSSR count). The largest absolute Gasteiger partial charge is 0.371 e. The number of hydrogen-bond donors (Lipinski definition) is 1. The van der Waals surface area contributed by atoms with Gasteiger partial charge in [0.25, 0.3) is 0 Å². The second-order valence-corrected chi connectivity index (χ2v) is 6.97. The molecule has 106 valence electrons. The van der Waals surface area contributed by atoms with E-state index in [-0.39, 0.29) is 11.6 Å². The van der Waals surface area contributed by atoms with Gasteiger partial charge in [0.15, 0.2) is 0 Å². The van der Waals surface area contributed by atoms with Crippen molar-refractivity contribution in [1.82, 2.24) is 4.98 Å². The van der Waals surface area contributed by atoms with Crippen molar-refractivity contribution in [3.63, 3.8) is 0 Å². The van der Waals surface area contributed by atoms with Gasteiger partial charge in [-0.25, -0.2) is 4.98 Å². The van der Waals surface area contributed by atoms with Crippen molar-refractivity contribution >= 4 is 11.3 Å². The number of methoxy groups -OCH3 is 1. The van der Waals surface area contributed by atoms with Crippen LogP contribution in [0.2, 0.25) is 0 Å². The van der Waals surface area contributed by atoms with E-state index in [9.17, 15) is 0 Å². The molecule has 2 aliphatic rings. The van der Waals surface area contributed by atoms with E-state index in [0.717, 1.165) is 25.7 Å². The quantitative estimate of drug-likeness (QED) is 0.841. The van der Waals surface area contributed by atoms with Crippen LogP contribution in [0, 0.1) is 0 Å². The minimum Gasteiger partial charge on any atom is -0.371 e. The molecule has 2 aliphatic carbocycles. The lowest BCUT2D eigenvalue weighted by Gasteiger charge is -2.29. The minimum atomic E-state index is -0.127. The fourth-order valence-electron chi connectivity index (χ4n) is 3.45. The summed E-state index contributed by atoms with van der Waals surface area (Å²) in [6.07, 6.45) is 10.8. The molecule has 3 nitrogen and oxygen atoms in total. The van der Waals surface area contributed by atoms with Gasteiger partial charge in [0.05, 0.1) is 5.69 Å². The molecule has 0 amide bonds. The Bertz CT molecular complexity index is 435. The van der Waals surface area contributed by atoms with Crippen LogP contribution in [0.15, 0.2) is 0 Å². The molecule has 0 spiro atoms. The van der Waals surface area contributed by atoms with Crippen molar-refractivity contribution in [3.8, 4) is 0 Å². The SMILES string of the molecule is COC1(c2nc3c(s2)C(N)CCC3)CCCCCC1. The smallest absolute Gasteiger partial charge is 0.125 e. The number of aryl methyl sites for hydroxylation is 1. The molecule has 0 radical (unpaired) electrons. The Morgan fingerprint density at radius 3 is 2.58 bits per heavy atom. The Morgan fingerprint density at radius 1 is 1.21 bits per heavy atom. The van der Waals surface area contributed by atoms with E-state index in [2.05, 4.69) is 0 Å². The monoisotopic (exact) mass is 280 g/mol. The molecule has 1 aromatic rings. The van der Waals surface area contributed by atoms with Gasteiger partial charge in [-0.1, -0.05) is 25.7 Å². The molecule has 1 atom stereocenters. The number of nitrogens with two attached hydrogens (primary N) is 1. The second kappa shape index (κ2) is 5.51. The third-order valence-electron chi connectivity index (χ3n) is 4.68. The Kier molecular flexibility index (Phi) is 3.92. The molecule has 0 aliphatic heterocycles. The average molecular weight is 280 g/mol. The van der Waals surface area contributed by atoms with Gasteiger partial charge in [0, 0.05) is 18.0 Å². The van der Waals surface area contributed by atoms with Crippen LogP contribution in [-0.4, -0.2) is 12.1 Å². The maximum Gasteiger partial charge on any atom is 0.125 e. The molecule has 19 heavy (non-hydrogen) atoms. The van der Waals surface area contributed by atoms with Crippen molar-refractivity contribution < 1.29 is 4.74 Å². The summed E-state index contributed by atoms with van der Waals surface area (Å²) in [6, 6.07) is 0.203. The zero-order valence-electron chi connectivity index (χ0n) is 11.8. The lowest BCUT2D eigenvalue weighted by Crippen LogP contribution is -2.27. The van der Waals surface area contributed by atoms with E-state index < -0.39 is 0 Å². The first-order chi connectivity index (χ1) is 9.25. The van der Waals surface area contributed by atoms with Crippen molar-refractivity contribution in [2.75, 3.05) is 7.11 Å². The Morgan fingerprint density at radius 2 is 1.95 bits per heavy atom. The maximum atomic E-state index is 6.23. The third-order valence-corrected chi connectivity index (χ3v) is 6.10. The van der Waals surface area contributed by atoms with Gasteiger partial charge >= 0.3 is 0 Å². The predicted molar refractivity (Wildman–Crippen MR) is 78.4 cm³/mol. The lowest BCUT2D eigenvalue weighted by molar-refractivity contribution is -0.0280. The van der Waals surface area contributed by atoms with Crippen LogP contribution in [0.25, 0.3) is 0 Å². The molecular weight excluding hydrogens is 256 g/mol. The Balaban J connectivity index is 1.95. The highest BCUT2D eigenvalue weighted by Crippen LogP contribution is 2.43. The molecule has 2 N–H and O–H groups in total. The number of ether oxygens (including phenoxy) is 1. The fraction of sp³-hybridized carbons (Fsp3) is 0.800. The van der Waals surface area contributed by atoms with Crippen LogP contribution >= 0.6 is 11.3 Å². The summed E-state index contributed by atoms with van der Waals surface area (Å²) in [7, 11) is 1.85. The van der Waals surface area contributed by atoms with E-state index in [4.69, 9.17) is 15.5 Å². The van der Waals surface area contributed by atoms with Crippen LogP contribution in [0.4, 0.5) is 0 Å². The summed E-state index contributed by atoms with van der Waals surface area (Å²) < 4.78 is 5.96. The van der Waals surface area contributed by atoms with Crippen molar-refractivity contribution in [2.45, 2.75) is 69.4 Å². The molecule has 1 fully saturated rings. The van der Waals surface area contributed by atoms with E-state index in [1.54, 1.807) is 0 Å². The van der Waals surface area contributed by atoms with Crippen molar-refractivity contribution in [2.24, 2.45) is 5.73 Å². The summed E-state index contributed by atoms with van der Waals surface area (Å²) in [5.41, 5.74) is 7.36. The van der Waals surface area contributed by atoms with Gasteiger partial charge in [0.2, 0.25) is 0 Å². The minimum absolute atomic E-state index is 0.127. The Labute approximate surface area is 119 Å². The molecule has 1 unspecified atom stereocenters. The van der Waals surface area contributed by atoms with Gasteiger partial charge in [-0.3, -0.25) is 0 Å². The van der Waals surface area contributed by atoms with E-state index in [1.165, 1.54) is 47.7 Å². The van der Waals surface area contributed by atoms with Crippen LogP contribution in [-0.2, 0) is 16.8 Å². The molecule has 0 aromatic carbocycles. The molecule has 1 aromatic heterocycles. The number of rotatable bonds is 2. The fourth-order valence-corrected chi connectivity index (χ4v) is 4.83. The van der Waals surface area contributed by atoms with E-state index in [0.29, 0.717) is 0 Å². The van der Waals surface area contributed by atoms with E-state index in [1.807, 2.05) is 18.4 Å². The molecule has 1 saturated carbocycles. The lowest BCUT2D eigenvalue weighted by atomic mass is 9.94. The predicted octanol–water partition coefficient (Wildman–Crippen LogP) is 3.68. The molecule has 4 heteroatoms. The average Bonchev–Trinajstić information content (AvgIpc) is 2.72. The summed E-state index contributed by atoms with van der Waals surface area (Å²) in [4.78, 5) is 6.24. The normalized spacial score (nSPS) is 26.7. The first-order valence-electron chi connectivity index (χ1n) is 7.56. The third kappa shape index (κ3) is 2.46. The zero-order chi connectivity index (χ0) is 13.3. The highest BCUT2D eigenvalue weighted by atomic mass is 32.1. The van der Waals surface area contributed by atoms with Gasteiger partial charge in [-0.05, 0) is 32.1 Å². The summed E-state index contributed by atoms with van der Waals surface area (Å²) in [5, 5.41) is 1.19. The highest BCUT2D eigenvalue weighted by Gasteiger charge is 2.37. The van der Waals surface area contributed by atoms with E-state index >= 15 is 0 Å². The van der Waals surface area contributed by atoms with Crippen LogP contribution in [0.3, 0.4) is 0 Å². The first kappa shape index (κ1) is 13.5. The van der Waals surface area contributed by atoms with Crippen molar-refractivity contribution in [1.29, 1.82) is 0 Å². The summed E-state index contributed by atoms with van der Waals surface area (Å²) in [6.45, 7) is 0. The van der Waals surface area contributed by atoms with Crippen molar-refractivity contribution in [3.05, 3.63) is 15.6 Å². The number of hydrogen-bond acceptors (Lipinski definition) is 4. The summed E-state index contributed by atoms with van der Waals surface area (Å²) in [5.74, 6) is 0. The highest BCUT2D eigenvalue weighted by molar-refractivity contribution is 7.12. The number of aromatic nitrogens is 1. The van der Waals surface area contributed by atoms with Crippen LogP contribution in [0.5, 0.6) is 0 Å². The first-order valence-corrected chi connectivity index (χ1v) is 8.38. The molecule has 1 heterocycles. The molecule has 0 saturated heterocycles. The number of fused-ring (bicyclic) bond motifs is 1. The Hall–Kier alpha value is -0.450. The van der Waals surface area contributed by atoms with Gasteiger partial charge in [0.1, 0.15) is 10.6 Å². The molecule has 0 bridgehead atoms. The maximum absolute atomic E-state index is 6.23. The van der Waals surface area contributed by atoms with Gasteiger partial charge < -0.3 is 10.5 Å². The zero-order valence-corrected chi connectivity index (χ0v) is 12.6.